The topological polar surface area (TPSA) is 77.7 Å². The fourth-order valence-electron chi connectivity index (χ4n) is 3.05. The maximum atomic E-state index is 12.4. The number of nitrogens with two attached hydrogens (primary N) is 1. The quantitative estimate of drug-likeness (QED) is 0.830. The zero-order valence-corrected chi connectivity index (χ0v) is 16.5. The molecule has 1 amide bonds. The van der Waals surface area contributed by atoms with E-state index in [1.54, 1.807) is 0 Å². The van der Waals surface area contributed by atoms with Crippen LogP contribution in [0.3, 0.4) is 0 Å². The van der Waals surface area contributed by atoms with Gasteiger partial charge in [0.1, 0.15) is 5.01 Å². The van der Waals surface area contributed by atoms with E-state index >= 15 is 0 Å². The Kier molecular flexibility index (Phi) is 7.11. The van der Waals surface area contributed by atoms with Crippen molar-refractivity contribution in [1.29, 1.82) is 0 Å². The van der Waals surface area contributed by atoms with Gasteiger partial charge in [0.25, 0.3) is 0 Å². The Labute approximate surface area is 168 Å². The van der Waals surface area contributed by atoms with Crippen LogP contribution in [0.1, 0.15) is 18.5 Å². The van der Waals surface area contributed by atoms with E-state index in [-0.39, 0.29) is 43.6 Å². The maximum Gasteiger partial charge on any atom is 0.231 e. The van der Waals surface area contributed by atoms with Crippen LogP contribution in [-0.4, -0.2) is 41.7 Å². The number of carbonyl (C=O) groups excluding carboxylic acids is 1. The first-order valence-electron chi connectivity index (χ1n) is 8.07. The molecule has 1 saturated heterocycles. The molecule has 3 heterocycles. The van der Waals surface area contributed by atoms with Crippen molar-refractivity contribution in [3.8, 4) is 22.1 Å². The molecule has 142 valence electrons. The van der Waals surface area contributed by atoms with Crippen LogP contribution in [0, 0.1) is 0 Å². The number of nitrogens with zero attached hydrogens (tertiary/aromatic N) is 2. The van der Waals surface area contributed by atoms with Crippen LogP contribution in [0.5, 0.6) is 11.5 Å². The van der Waals surface area contributed by atoms with E-state index in [4.69, 9.17) is 15.2 Å². The summed E-state index contributed by atoms with van der Waals surface area (Å²) in [5, 5.41) is 2.83. The summed E-state index contributed by atoms with van der Waals surface area (Å²) in [4.78, 5) is 18.9. The highest BCUT2D eigenvalue weighted by atomic mass is 35.5. The SMILES string of the molecule is Cl.Cl.NC1CCCN(C(=O)Cc2csc(-c3ccc4c(c3)OCO4)n2)C1. The molecule has 0 spiro atoms. The number of benzene rings is 1. The van der Waals surface area contributed by atoms with Crippen LogP contribution in [0.15, 0.2) is 23.6 Å². The molecule has 2 aromatic rings. The van der Waals surface area contributed by atoms with Crippen LogP contribution in [0.4, 0.5) is 0 Å². The summed E-state index contributed by atoms with van der Waals surface area (Å²) >= 11 is 1.53. The molecule has 9 heteroatoms. The van der Waals surface area contributed by atoms with E-state index in [1.807, 2.05) is 28.5 Å². The van der Waals surface area contributed by atoms with Gasteiger partial charge in [0.05, 0.1) is 12.1 Å². The molecular weight excluding hydrogens is 397 g/mol. The smallest absolute Gasteiger partial charge is 0.231 e. The summed E-state index contributed by atoms with van der Waals surface area (Å²) in [5.41, 5.74) is 7.73. The monoisotopic (exact) mass is 417 g/mol. The first-order chi connectivity index (χ1) is 11.7. The predicted molar refractivity (Wildman–Crippen MR) is 106 cm³/mol. The van der Waals surface area contributed by atoms with Crippen LogP contribution >= 0.6 is 36.2 Å². The van der Waals surface area contributed by atoms with E-state index in [1.165, 1.54) is 11.3 Å². The third-order valence-corrected chi connectivity index (χ3v) is 5.25. The number of amides is 1. The van der Waals surface area contributed by atoms with Crippen molar-refractivity contribution in [3.05, 3.63) is 29.3 Å². The molecular formula is C17H21Cl2N3O3S. The Morgan fingerprint density at radius 3 is 2.92 bits per heavy atom. The number of hydrogen-bond donors (Lipinski definition) is 1. The van der Waals surface area contributed by atoms with Crippen molar-refractivity contribution in [2.75, 3.05) is 19.9 Å². The molecule has 26 heavy (non-hydrogen) atoms. The molecule has 1 aromatic heterocycles. The fourth-order valence-corrected chi connectivity index (χ4v) is 3.87. The van der Waals surface area contributed by atoms with Gasteiger partial charge < -0.3 is 20.1 Å². The number of thiazole rings is 1. The van der Waals surface area contributed by atoms with Gasteiger partial charge in [0.2, 0.25) is 12.7 Å². The Morgan fingerprint density at radius 2 is 2.12 bits per heavy atom. The van der Waals surface area contributed by atoms with Crippen molar-refractivity contribution in [3.63, 3.8) is 0 Å². The predicted octanol–water partition coefficient (Wildman–Crippen LogP) is 2.87. The van der Waals surface area contributed by atoms with Crippen LogP contribution in [-0.2, 0) is 11.2 Å². The normalized spacial score (nSPS) is 18.0. The third-order valence-electron chi connectivity index (χ3n) is 4.31. The number of carbonyl (C=O) groups is 1. The van der Waals surface area contributed by atoms with E-state index < -0.39 is 0 Å². The largest absolute Gasteiger partial charge is 0.454 e. The second-order valence-corrected chi connectivity index (χ2v) is 6.99. The zero-order chi connectivity index (χ0) is 16.5. The van der Waals surface area contributed by atoms with Gasteiger partial charge in [0.15, 0.2) is 11.5 Å². The number of fused-ring (bicyclic) bond motifs is 1. The second kappa shape index (κ2) is 8.90. The van der Waals surface area contributed by atoms with E-state index in [2.05, 4.69) is 4.98 Å². The van der Waals surface area contributed by atoms with Gasteiger partial charge in [-0.25, -0.2) is 4.98 Å². The summed E-state index contributed by atoms with van der Waals surface area (Å²) in [7, 11) is 0. The number of hydrogen-bond acceptors (Lipinski definition) is 6. The Hall–Kier alpha value is -1.54. The number of halogens is 2. The molecule has 4 rings (SSSR count). The minimum Gasteiger partial charge on any atom is -0.454 e. The molecule has 2 aliphatic rings. The number of likely N-dealkylation sites (tertiary alicyclic amines) is 1. The van der Waals surface area contributed by atoms with Crippen molar-refractivity contribution < 1.29 is 14.3 Å². The molecule has 2 N–H and O–H groups in total. The average Bonchev–Trinajstić information content (AvgIpc) is 3.23. The molecule has 1 fully saturated rings. The molecule has 2 aliphatic heterocycles. The van der Waals surface area contributed by atoms with Crippen LogP contribution in [0.25, 0.3) is 10.6 Å². The van der Waals surface area contributed by atoms with Crippen molar-refractivity contribution >= 4 is 42.1 Å². The lowest BCUT2D eigenvalue weighted by molar-refractivity contribution is -0.131. The van der Waals surface area contributed by atoms with Gasteiger partial charge in [-0.2, -0.15) is 0 Å². The van der Waals surface area contributed by atoms with Gasteiger partial charge in [-0.1, -0.05) is 0 Å². The molecule has 0 saturated carbocycles. The lowest BCUT2D eigenvalue weighted by Gasteiger charge is -2.30. The highest BCUT2D eigenvalue weighted by molar-refractivity contribution is 7.13. The fraction of sp³-hybridized carbons (Fsp3) is 0.412. The molecule has 0 radical (unpaired) electrons. The summed E-state index contributed by atoms with van der Waals surface area (Å²) in [6.07, 6.45) is 2.30. The minimum atomic E-state index is 0. The summed E-state index contributed by atoms with van der Waals surface area (Å²) in [6.45, 7) is 1.71. The van der Waals surface area contributed by atoms with Crippen molar-refractivity contribution in [1.82, 2.24) is 9.88 Å². The third kappa shape index (κ3) is 4.40. The lowest BCUT2D eigenvalue weighted by Crippen LogP contribution is -2.46. The van der Waals surface area contributed by atoms with Gasteiger partial charge in [-0.3, -0.25) is 4.79 Å². The number of aromatic nitrogens is 1. The number of rotatable bonds is 3. The maximum absolute atomic E-state index is 12.4. The first kappa shape index (κ1) is 20.8. The Balaban J connectivity index is 0.00000121. The Morgan fingerprint density at radius 1 is 1.31 bits per heavy atom. The molecule has 1 atom stereocenters. The van der Waals surface area contributed by atoms with E-state index in [0.29, 0.717) is 13.0 Å². The van der Waals surface area contributed by atoms with Gasteiger partial charge in [-0.15, -0.1) is 36.2 Å². The van der Waals surface area contributed by atoms with Crippen LogP contribution < -0.4 is 15.2 Å². The molecule has 0 aliphatic carbocycles. The highest BCUT2D eigenvalue weighted by Gasteiger charge is 2.22. The van der Waals surface area contributed by atoms with Gasteiger partial charge in [0, 0.05) is 30.1 Å². The minimum absolute atomic E-state index is 0. The van der Waals surface area contributed by atoms with Crippen LogP contribution in [0.2, 0.25) is 0 Å². The molecule has 1 unspecified atom stereocenters. The molecule has 0 bridgehead atoms. The summed E-state index contributed by atoms with van der Waals surface area (Å²) < 4.78 is 10.7. The molecule has 6 nitrogen and oxygen atoms in total. The highest BCUT2D eigenvalue weighted by Crippen LogP contribution is 2.36. The average molecular weight is 418 g/mol. The first-order valence-corrected chi connectivity index (χ1v) is 8.95. The number of piperidine rings is 1. The van der Waals surface area contributed by atoms with Gasteiger partial charge >= 0.3 is 0 Å². The van der Waals surface area contributed by atoms with E-state index in [9.17, 15) is 4.79 Å². The summed E-state index contributed by atoms with van der Waals surface area (Å²) in [5.74, 6) is 1.60. The van der Waals surface area contributed by atoms with Gasteiger partial charge in [-0.05, 0) is 31.0 Å². The lowest BCUT2D eigenvalue weighted by atomic mass is 10.1. The standard InChI is InChI=1S/C17H19N3O3S.2ClH/c18-12-2-1-5-20(8-12)16(21)7-13-9-24-17(19-13)11-3-4-14-15(6-11)23-10-22-14;;/h3-4,6,9,12H,1-2,5,7-8,10,18H2;2*1H. The number of ether oxygens (including phenoxy) is 2. The Bertz CT molecular complexity index is 771. The van der Waals surface area contributed by atoms with Crippen molar-refractivity contribution in [2.45, 2.75) is 25.3 Å². The van der Waals surface area contributed by atoms with Crippen molar-refractivity contribution in [2.24, 2.45) is 5.73 Å². The second-order valence-electron chi connectivity index (χ2n) is 6.13. The molecule has 1 aromatic carbocycles. The summed E-state index contributed by atoms with van der Waals surface area (Å²) in [6, 6.07) is 5.87. The zero-order valence-electron chi connectivity index (χ0n) is 14.1. The van der Waals surface area contributed by atoms with E-state index in [0.717, 1.165) is 47.2 Å².